The van der Waals surface area contributed by atoms with Crippen molar-refractivity contribution < 1.29 is 9.90 Å². The van der Waals surface area contributed by atoms with Gasteiger partial charge in [0, 0.05) is 24.0 Å². The van der Waals surface area contributed by atoms with Crippen LogP contribution >= 0.6 is 0 Å². The standard InChI is InChI=1S/C19H23N3O3/c1-3-9-22-15-7-6-12(2)10-14(15)17(23)16(19(22)25)18(24)21-13-5-4-8-20-11-13/h4-5,8,11-12,23H,3,6-7,9-10H2,1-2H3,(H,21,24)/t12-/m0/s1. The molecule has 25 heavy (non-hydrogen) atoms. The molecular weight excluding hydrogens is 318 g/mol. The third kappa shape index (κ3) is 3.29. The second-order valence-electron chi connectivity index (χ2n) is 6.65. The average Bonchev–Trinajstić information content (AvgIpc) is 2.60. The topological polar surface area (TPSA) is 84.2 Å². The van der Waals surface area contributed by atoms with Gasteiger partial charge in [-0.05, 0) is 43.7 Å². The summed E-state index contributed by atoms with van der Waals surface area (Å²) in [5.41, 5.74) is 1.50. The minimum atomic E-state index is -0.596. The first-order valence-corrected chi connectivity index (χ1v) is 8.71. The highest BCUT2D eigenvalue weighted by Crippen LogP contribution is 2.33. The highest BCUT2D eigenvalue weighted by molar-refractivity contribution is 6.06. The molecule has 2 aromatic heterocycles. The number of rotatable bonds is 4. The van der Waals surface area contributed by atoms with Crippen LogP contribution in [0.25, 0.3) is 0 Å². The van der Waals surface area contributed by atoms with Gasteiger partial charge < -0.3 is 15.0 Å². The molecule has 3 rings (SSSR count). The SMILES string of the molecule is CCCn1c2c(c(O)c(C(=O)Nc3cccnc3)c1=O)C[C@@H](C)CC2. The number of carbonyl (C=O) groups excluding carboxylic acids is 1. The van der Waals surface area contributed by atoms with Crippen molar-refractivity contribution >= 4 is 11.6 Å². The van der Waals surface area contributed by atoms with Gasteiger partial charge in [0.1, 0.15) is 11.3 Å². The zero-order chi connectivity index (χ0) is 18.0. The molecule has 6 nitrogen and oxygen atoms in total. The van der Waals surface area contributed by atoms with Crippen molar-refractivity contribution in [2.75, 3.05) is 5.32 Å². The van der Waals surface area contributed by atoms with Gasteiger partial charge in [-0.1, -0.05) is 13.8 Å². The third-order valence-corrected chi connectivity index (χ3v) is 4.68. The summed E-state index contributed by atoms with van der Waals surface area (Å²) in [6.45, 7) is 4.66. The second kappa shape index (κ2) is 7.09. The monoisotopic (exact) mass is 341 g/mol. The zero-order valence-corrected chi connectivity index (χ0v) is 14.6. The van der Waals surface area contributed by atoms with E-state index in [0.717, 1.165) is 30.5 Å². The molecule has 0 fully saturated rings. The minimum Gasteiger partial charge on any atom is -0.507 e. The number of pyridine rings is 2. The number of aromatic nitrogens is 2. The molecule has 1 aliphatic carbocycles. The molecular formula is C19H23N3O3. The van der Waals surface area contributed by atoms with Gasteiger partial charge in [-0.3, -0.25) is 14.6 Å². The lowest BCUT2D eigenvalue weighted by atomic mass is 9.86. The molecule has 0 unspecified atom stereocenters. The fourth-order valence-electron chi connectivity index (χ4n) is 3.44. The Hall–Kier alpha value is -2.63. The van der Waals surface area contributed by atoms with Crippen molar-refractivity contribution in [2.24, 2.45) is 5.92 Å². The largest absolute Gasteiger partial charge is 0.507 e. The van der Waals surface area contributed by atoms with Crippen molar-refractivity contribution in [3.63, 3.8) is 0 Å². The fraction of sp³-hybridized carbons (Fsp3) is 0.421. The Morgan fingerprint density at radius 3 is 2.96 bits per heavy atom. The predicted octanol–water partition coefficient (Wildman–Crippen LogP) is 2.74. The lowest BCUT2D eigenvalue weighted by Crippen LogP contribution is -2.34. The van der Waals surface area contributed by atoms with Crippen LogP contribution in [0.5, 0.6) is 5.75 Å². The number of hydrogen-bond acceptors (Lipinski definition) is 4. The Bertz CT molecular complexity index is 843. The maximum atomic E-state index is 12.9. The van der Waals surface area contributed by atoms with Gasteiger partial charge in [-0.2, -0.15) is 0 Å². The van der Waals surface area contributed by atoms with E-state index in [2.05, 4.69) is 17.2 Å². The van der Waals surface area contributed by atoms with Crippen molar-refractivity contribution in [1.82, 2.24) is 9.55 Å². The third-order valence-electron chi connectivity index (χ3n) is 4.68. The first-order valence-electron chi connectivity index (χ1n) is 8.71. The molecule has 0 radical (unpaired) electrons. The molecule has 0 aromatic carbocycles. The van der Waals surface area contributed by atoms with E-state index < -0.39 is 11.5 Å². The summed E-state index contributed by atoms with van der Waals surface area (Å²) in [6, 6.07) is 3.38. The molecule has 1 amide bonds. The van der Waals surface area contributed by atoms with E-state index in [1.54, 1.807) is 22.9 Å². The summed E-state index contributed by atoms with van der Waals surface area (Å²) in [6.07, 6.45) is 6.30. The molecule has 1 aliphatic rings. The molecule has 1 atom stereocenters. The molecule has 2 N–H and O–H groups in total. The van der Waals surface area contributed by atoms with Gasteiger partial charge in [0.2, 0.25) is 0 Å². The zero-order valence-electron chi connectivity index (χ0n) is 14.6. The summed E-state index contributed by atoms with van der Waals surface area (Å²) >= 11 is 0. The first-order chi connectivity index (χ1) is 12.0. The highest BCUT2D eigenvalue weighted by atomic mass is 16.3. The maximum absolute atomic E-state index is 12.9. The van der Waals surface area contributed by atoms with Crippen LogP contribution in [0, 0.1) is 5.92 Å². The van der Waals surface area contributed by atoms with Gasteiger partial charge in [0.05, 0.1) is 11.9 Å². The van der Waals surface area contributed by atoms with Gasteiger partial charge >= 0.3 is 0 Å². The Morgan fingerprint density at radius 2 is 2.28 bits per heavy atom. The Morgan fingerprint density at radius 1 is 1.48 bits per heavy atom. The van der Waals surface area contributed by atoms with Gasteiger partial charge in [0.25, 0.3) is 11.5 Å². The van der Waals surface area contributed by atoms with Crippen molar-refractivity contribution in [3.05, 3.63) is 51.7 Å². The van der Waals surface area contributed by atoms with Crippen molar-refractivity contribution in [3.8, 4) is 5.75 Å². The van der Waals surface area contributed by atoms with Crippen molar-refractivity contribution in [1.29, 1.82) is 0 Å². The number of anilines is 1. The van der Waals surface area contributed by atoms with Crippen molar-refractivity contribution in [2.45, 2.75) is 46.1 Å². The molecule has 2 heterocycles. The van der Waals surface area contributed by atoms with E-state index in [0.29, 0.717) is 24.6 Å². The van der Waals surface area contributed by atoms with Crippen LogP contribution in [0.3, 0.4) is 0 Å². The summed E-state index contributed by atoms with van der Waals surface area (Å²) in [7, 11) is 0. The summed E-state index contributed by atoms with van der Waals surface area (Å²) in [5, 5.41) is 13.3. The average molecular weight is 341 g/mol. The van der Waals surface area contributed by atoms with E-state index in [-0.39, 0.29) is 11.3 Å². The summed E-state index contributed by atoms with van der Waals surface area (Å²) < 4.78 is 1.67. The number of fused-ring (bicyclic) bond motifs is 1. The van der Waals surface area contributed by atoms with Crippen LogP contribution in [-0.2, 0) is 19.4 Å². The van der Waals surface area contributed by atoms with E-state index in [1.165, 1.54) is 6.20 Å². The Balaban J connectivity index is 2.09. The molecule has 0 bridgehead atoms. The van der Waals surface area contributed by atoms with Crippen LogP contribution in [0.2, 0.25) is 0 Å². The molecule has 0 saturated carbocycles. The lowest BCUT2D eigenvalue weighted by molar-refractivity contribution is 0.102. The molecule has 0 saturated heterocycles. The molecule has 0 aliphatic heterocycles. The number of amides is 1. The quantitative estimate of drug-likeness (QED) is 0.895. The number of nitrogens with zero attached hydrogens (tertiary/aromatic N) is 2. The maximum Gasteiger partial charge on any atom is 0.267 e. The smallest absolute Gasteiger partial charge is 0.267 e. The van der Waals surface area contributed by atoms with E-state index in [4.69, 9.17) is 0 Å². The minimum absolute atomic E-state index is 0.166. The van der Waals surface area contributed by atoms with Crippen LogP contribution in [0.4, 0.5) is 5.69 Å². The number of nitrogens with one attached hydrogen (secondary N) is 1. The number of aromatic hydroxyl groups is 1. The molecule has 2 aromatic rings. The van der Waals surface area contributed by atoms with Crippen LogP contribution < -0.4 is 10.9 Å². The summed E-state index contributed by atoms with van der Waals surface area (Å²) in [4.78, 5) is 29.5. The molecule has 132 valence electrons. The molecule has 0 spiro atoms. The second-order valence-corrected chi connectivity index (χ2v) is 6.65. The normalized spacial score (nSPS) is 16.3. The highest BCUT2D eigenvalue weighted by Gasteiger charge is 2.28. The predicted molar refractivity (Wildman–Crippen MR) is 96.0 cm³/mol. The number of carbonyl (C=O) groups is 1. The van der Waals surface area contributed by atoms with E-state index >= 15 is 0 Å². The molecule has 6 heteroatoms. The van der Waals surface area contributed by atoms with Gasteiger partial charge in [-0.25, -0.2) is 0 Å². The van der Waals surface area contributed by atoms with E-state index in [9.17, 15) is 14.7 Å². The summed E-state index contributed by atoms with van der Waals surface area (Å²) in [5.74, 6) is -0.345. The lowest BCUT2D eigenvalue weighted by Gasteiger charge is -2.26. The van der Waals surface area contributed by atoms with Gasteiger partial charge in [-0.15, -0.1) is 0 Å². The fourth-order valence-corrected chi connectivity index (χ4v) is 3.44. The van der Waals surface area contributed by atoms with Crippen LogP contribution in [0.15, 0.2) is 29.3 Å². The van der Waals surface area contributed by atoms with Gasteiger partial charge in [0.15, 0.2) is 0 Å². The van der Waals surface area contributed by atoms with E-state index in [1.807, 2.05) is 6.92 Å². The number of hydrogen-bond donors (Lipinski definition) is 2. The Labute approximate surface area is 146 Å². The Kier molecular flexibility index (Phi) is 4.88. The van der Waals surface area contributed by atoms with Crippen LogP contribution in [-0.4, -0.2) is 20.6 Å². The van der Waals surface area contributed by atoms with Crippen LogP contribution in [0.1, 0.15) is 48.3 Å². The first kappa shape index (κ1) is 17.2.